The summed E-state index contributed by atoms with van der Waals surface area (Å²) >= 11 is 0. The number of esters is 1. The number of nitrogens with one attached hydrogen (secondary N) is 2. The normalized spacial score (nSPS) is 16.2. The minimum atomic E-state index is -0.693. The lowest BCUT2D eigenvalue weighted by Crippen LogP contribution is -2.36. The first-order valence-corrected chi connectivity index (χ1v) is 8.80. The van der Waals surface area contributed by atoms with Crippen LogP contribution in [0.15, 0.2) is 40.8 Å². The summed E-state index contributed by atoms with van der Waals surface area (Å²) < 4.78 is 16.2. The van der Waals surface area contributed by atoms with Gasteiger partial charge in [0.15, 0.2) is 6.61 Å². The first kappa shape index (κ1) is 17.8. The molecule has 0 bridgehead atoms. The second kappa shape index (κ2) is 7.22. The Morgan fingerprint density at radius 3 is 2.79 bits per heavy atom. The van der Waals surface area contributed by atoms with Gasteiger partial charge in [-0.05, 0) is 18.6 Å². The number of furan rings is 1. The molecular formula is C20H18N2O6. The number of amides is 2. The predicted octanol–water partition coefficient (Wildman–Crippen LogP) is 2.35. The molecule has 1 aliphatic rings. The van der Waals surface area contributed by atoms with Gasteiger partial charge in [0.05, 0.1) is 12.8 Å². The van der Waals surface area contributed by atoms with E-state index in [-0.39, 0.29) is 12.3 Å². The van der Waals surface area contributed by atoms with E-state index in [9.17, 15) is 14.4 Å². The largest absolute Gasteiger partial charge is 0.495 e. The van der Waals surface area contributed by atoms with Gasteiger partial charge < -0.3 is 24.5 Å². The van der Waals surface area contributed by atoms with Crippen LogP contribution in [-0.4, -0.2) is 37.5 Å². The Morgan fingerprint density at radius 2 is 2.04 bits per heavy atom. The van der Waals surface area contributed by atoms with Crippen molar-refractivity contribution < 1.29 is 28.3 Å². The standard InChI is InChI=1S/C20H18N2O6/c1-26-17-8-12-11-4-2-3-5-15(11)28-16(12)9-14(17)22-19(24)10-27-20(25)13-6-7-18(23)21-13/h2-5,8-9,13H,6-7,10H2,1H3,(H,21,23)(H,22,24)/t13-/m0/s1. The van der Waals surface area contributed by atoms with Crippen molar-refractivity contribution in [2.75, 3.05) is 19.0 Å². The van der Waals surface area contributed by atoms with Gasteiger partial charge in [-0.15, -0.1) is 0 Å². The van der Waals surface area contributed by atoms with Crippen molar-refractivity contribution in [2.45, 2.75) is 18.9 Å². The zero-order valence-corrected chi connectivity index (χ0v) is 15.1. The van der Waals surface area contributed by atoms with E-state index < -0.39 is 24.5 Å². The Balaban J connectivity index is 1.48. The average molecular weight is 382 g/mol. The molecule has 8 heteroatoms. The van der Waals surface area contributed by atoms with Gasteiger partial charge in [0, 0.05) is 23.3 Å². The lowest BCUT2D eigenvalue weighted by Gasteiger charge is -2.12. The summed E-state index contributed by atoms with van der Waals surface area (Å²) in [5.41, 5.74) is 1.74. The number of carbonyl (C=O) groups excluding carboxylic acids is 3. The molecule has 2 amide bonds. The van der Waals surface area contributed by atoms with Crippen LogP contribution in [0.2, 0.25) is 0 Å². The van der Waals surface area contributed by atoms with Gasteiger partial charge in [-0.2, -0.15) is 0 Å². The number of fused-ring (bicyclic) bond motifs is 3. The van der Waals surface area contributed by atoms with Crippen LogP contribution in [0.5, 0.6) is 5.75 Å². The molecule has 0 spiro atoms. The summed E-state index contributed by atoms with van der Waals surface area (Å²) in [6, 6.07) is 10.4. The Morgan fingerprint density at radius 1 is 1.21 bits per heavy atom. The topological polar surface area (TPSA) is 107 Å². The fraction of sp³-hybridized carbons (Fsp3) is 0.250. The van der Waals surface area contributed by atoms with E-state index in [0.717, 1.165) is 16.4 Å². The molecule has 2 aromatic carbocycles. The molecule has 0 aliphatic carbocycles. The van der Waals surface area contributed by atoms with Gasteiger partial charge >= 0.3 is 5.97 Å². The van der Waals surface area contributed by atoms with E-state index in [1.807, 2.05) is 24.3 Å². The third kappa shape index (κ3) is 3.36. The summed E-state index contributed by atoms with van der Waals surface area (Å²) in [6.45, 7) is -0.466. The number of rotatable bonds is 5. The SMILES string of the molecule is COc1cc2c(cc1NC(=O)COC(=O)[C@@H]1CCC(=O)N1)oc1ccccc12. The van der Waals surface area contributed by atoms with E-state index in [2.05, 4.69) is 10.6 Å². The summed E-state index contributed by atoms with van der Waals surface area (Å²) in [4.78, 5) is 35.3. The molecule has 1 fully saturated rings. The summed E-state index contributed by atoms with van der Waals surface area (Å²) in [6.07, 6.45) is 0.649. The van der Waals surface area contributed by atoms with Crippen molar-refractivity contribution >= 4 is 45.4 Å². The van der Waals surface area contributed by atoms with Crippen molar-refractivity contribution in [3.8, 4) is 5.75 Å². The van der Waals surface area contributed by atoms with E-state index in [1.165, 1.54) is 7.11 Å². The summed E-state index contributed by atoms with van der Waals surface area (Å²) in [5, 5.41) is 6.98. The lowest BCUT2D eigenvalue weighted by atomic mass is 10.1. The number of anilines is 1. The highest BCUT2D eigenvalue weighted by molar-refractivity contribution is 6.08. The Bertz CT molecular complexity index is 1090. The Labute approximate surface area is 159 Å². The molecule has 1 saturated heterocycles. The zero-order chi connectivity index (χ0) is 19.7. The third-order valence-electron chi connectivity index (χ3n) is 4.60. The van der Waals surface area contributed by atoms with E-state index in [1.54, 1.807) is 12.1 Å². The van der Waals surface area contributed by atoms with Gasteiger partial charge in [0.1, 0.15) is 23.0 Å². The minimum absolute atomic E-state index is 0.199. The third-order valence-corrected chi connectivity index (χ3v) is 4.60. The fourth-order valence-electron chi connectivity index (χ4n) is 3.23. The molecule has 1 atom stereocenters. The van der Waals surface area contributed by atoms with Gasteiger partial charge in [0.25, 0.3) is 5.91 Å². The minimum Gasteiger partial charge on any atom is -0.495 e. The molecule has 3 aromatic rings. The quantitative estimate of drug-likeness (QED) is 0.656. The summed E-state index contributed by atoms with van der Waals surface area (Å²) in [5.74, 6) is -0.885. The molecule has 2 N–H and O–H groups in total. The van der Waals surface area contributed by atoms with Crippen molar-refractivity contribution in [3.63, 3.8) is 0 Å². The second-order valence-corrected chi connectivity index (χ2v) is 6.46. The highest BCUT2D eigenvalue weighted by Crippen LogP contribution is 2.36. The predicted molar refractivity (Wildman–Crippen MR) is 101 cm³/mol. The highest BCUT2D eigenvalue weighted by Gasteiger charge is 2.28. The van der Waals surface area contributed by atoms with E-state index in [0.29, 0.717) is 23.4 Å². The first-order chi connectivity index (χ1) is 13.5. The second-order valence-electron chi connectivity index (χ2n) is 6.46. The Hall–Kier alpha value is -3.55. The van der Waals surface area contributed by atoms with Crippen molar-refractivity contribution in [1.29, 1.82) is 0 Å². The van der Waals surface area contributed by atoms with Crippen LogP contribution in [-0.2, 0) is 19.1 Å². The van der Waals surface area contributed by atoms with Crippen LogP contribution in [0.4, 0.5) is 5.69 Å². The average Bonchev–Trinajstić information content (AvgIpc) is 3.28. The molecular weight excluding hydrogens is 364 g/mol. The molecule has 0 unspecified atom stereocenters. The highest BCUT2D eigenvalue weighted by atomic mass is 16.5. The van der Waals surface area contributed by atoms with Crippen LogP contribution in [0.1, 0.15) is 12.8 Å². The summed E-state index contributed by atoms with van der Waals surface area (Å²) in [7, 11) is 1.50. The maximum absolute atomic E-state index is 12.2. The van der Waals surface area contributed by atoms with Crippen molar-refractivity contribution in [3.05, 3.63) is 36.4 Å². The molecule has 2 heterocycles. The van der Waals surface area contributed by atoms with Crippen LogP contribution < -0.4 is 15.4 Å². The molecule has 8 nitrogen and oxygen atoms in total. The lowest BCUT2D eigenvalue weighted by molar-refractivity contribution is -0.149. The first-order valence-electron chi connectivity index (χ1n) is 8.80. The number of carbonyl (C=O) groups is 3. The number of hydrogen-bond acceptors (Lipinski definition) is 6. The maximum Gasteiger partial charge on any atom is 0.329 e. The monoisotopic (exact) mass is 382 g/mol. The smallest absolute Gasteiger partial charge is 0.329 e. The molecule has 28 heavy (non-hydrogen) atoms. The van der Waals surface area contributed by atoms with Crippen LogP contribution >= 0.6 is 0 Å². The molecule has 1 aromatic heterocycles. The van der Waals surface area contributed by atoms with Crippen molar-refractivity contribution in [2.24, 2.45) is 0 Å². The van der Waals surface area contributed by atoms with Crippen molar-refractivity contribution in [1.82, 2.24) is 5.32 Å². The number of benzene rings is 2. The number of methoxy groups -OCH3 is 1. The van der Waals surface area contributed by atoms with Gasteiger partial charge in [-0.3, -0.25) is 9.59 Å². The van der Waals surface area contributed by atoms with Gasteiger partial charge in [-0.1, -0.05) is 18.2 Å². The molecule has 0 saturated carbocycles. The van der Waals surface area contributed by atoms with Crippen LogP contribution in [0.25, 0.3) is 21.9 Å². The molecule has 144 valence electrons. The zero-order valence-electron chi connectivity index (χ0n) is 15.1. The molecule has 0 radical (unpaired) electrons. The number of ether oxygens (including phenoxy) is 2. The number of hydrogen-bond donors (Lipinski definition) is 2. The van der Waals surface area contributed by atoms with Crippen LogP contribution in [0.3, 0.4) is 0 Å². The van der Waals surface area contributed by atoms with E-state index in [4.69, 9.17) is 13.9 Å². The van der Waals surface area contributed by atoms with Gasteiger partial charge in [0.2, 0.25) is 5.91 Å². The van der Waals surface area contributed by atoms with Gasteiger partial charge in [-0.25, -0.2) is 4.79 Å². The maximum atomic E-state index is 12.2. The fourth-order valence-corrected chi connectivity index (χ4v) is 3.23. The molecule has 1 aliphatic heterocycles. The number of para-hydroxylation sites is 1. The molecule has 4 rings (SSSR count). The van der Waals surface area contributed by atoms with E-state index >= 15 is 0 Å². The Kier molecular flexibility index (Phi) is 4.60. The van der Waals surface area contributed by atoms with Crippen LogP contribution in [0, 0.1) is 0 Å².